The van der Waals surface area contributed by atoms with E-state index in [1.807, 2.05) is 0 Å². The highest BCUT2D eigenvalue weighted by Crippen LogP contribution is 1.70. The Morgan fingerprint density at radius 3 is 1.25 bits per heavy atom. The van der Waals surface area contributed by atoms with E-state index < -0.39 is 11.9 Å². The molecule has 0 saturated heterocycles. The molecule has 0 spiro atoms. The first-order chi connectivity index (χ1) is 7.31. The summed E-state index contributed by atoms with van der Waals surface area (Å²) in [4.78, 5) is 28.3. The van der Waals surface area contributed by atoms with Gasteiger partial charge in [0.15, 0.2) is 0 Å². The average Bonchev–Trinajstić information content (AvgIpc) is 2.19. The number of hydrogen-bond acceptors (Lipinski definition) is 4. The number of carboxylic acids is 2. The van der Waals surface area contributed by atoms with Crippen LogP contribution in [0.5, 0.6) is 0 Å². The number of aliphatic carboxylic acids is 2. The van der Waals surface area contributed by atoms with Crippen molar-refractivity contribution in [3.63, 3.8) is 0 Å². The third-order valence-corrected chi connectivity index (χ3v) is 0.599. The molecule has 90 valence electrons. The zero-order chi connectivity index (χ0) is 13.6. The van der Waals surface area contributed by atoms with Gasteiger partial charge < -0.3 is 14.9 Å². The van der Waals surface area contributed by atoms with Gasteiger partial charge in [-0.15, -0.1) is 0 Å². The molecule has 0 aromatic carbocycles. The van der Waals surface area contributed by atoms with Crippen LogP contribution in [0.25, 0.3) is 0 Å². The molecule has 16 heavy (non-hydrogen) atoms. The summed E-state index contributed by atoms with van der Waals surface area (Å²) >= 11 is 0. The van der Waals surface area contributed by atoms with E-state index in [0.717, 1.165) is 18.4 Å². The summed E-state index contributed by atoms with van der Waals surface area (Å²) < 4.78 is 4.17. The fraction of sp³-hybridized carbons (Fsp3) is 0.100. The van der Waals surface area contributed by atoms with Crippen molar-refractivity contribution in [1.82, 2.24) is 0 Å². The van der Waals surface area contributed by atoms with Crippen molar-refractivity contribution in [3.8, 4) is 0 Å². The maximum absolute atomic E-state index is 9.75. The molecule has 0 aromatic rings. The monoisotopic (exact) mass is 230 g/mol. The molecule has 0 aliphatic rings. The molecule has 0 radical (unpaired) electrons. The molecule has 0 saturated carbocycles. The average molecular weight is 230 g/mol. The van der Waals surface area contributed by atoms with Gasteiger partial charge >= 0.3 is 17.9 Å². The highest BCUT2D eigenvalue weighted by Gasteiger charge is 1.79. The quantitative estimate of drug-likeness (QED) is 0.429. The van der Waals surface area contributed by atoms with Crippen molar-refractivity contribution in [2.45, 2.75) is 6.92 Å². The molecule has 6 nitrogen and oxygen atoms in total. The molecule has 0 unspecified atom stereocenters. The predicted molar refractivity (Wildman–Crippen MR) is 57.6 cm³/mol. The molecule has 0 rings (SSSR count). The molecule has 0 fully saturated rings. The highest BCUT2D eigenvalue weighted by atomic mass is 16.5. The molecular formula is C10H14O6. The van der Waals surface area contributed by atoms with Gasteiger partial charge in [-0.1, -0.05) is 19.7 Å². The van der Waals surface area contributed by atoms with Crippen LogP contribution >= 0.6 is 0 Å². The van der Waals surface area contributed by atoms with Gasteiger partial charge in [0.05, 0.1) is 6.26 Å². The molecular weight excluding hydrogens is 216 g/mol. The second kappa shape index (κ2) is 15.1. The van der Waals surface area contributed by atoms with Crippen LogP contribution in [0, 0.1) is 0 Å². The smallest absolute Gasteiger partial charge is 0.327 e. The van der Waals surface area contributed by atoms with E-state index in [2.05, 4.69) is 24.5 Å². The first kappa shape index (κ1) is 19.2. The first-order valence-corrected chi connectivity index (χ1v) is 3.80. The number of hydrogen-bond donors (Lipinski definition) is 2. The number of esters is 1. The lowest BCUT2D eigenvalue weighted by atomic mass is 10.7. The van der Waals surface area contributed by atoms with Crippen molar-refractivity contribution in [2.24, 2.45) is 0 Å². The maximum Gasteiger partial charge on any atom is 0.327 e. The predicted octanol–water partition coefficient (Wildman–Crippen LogP) is 1.21. The van der Waals surface area contributed by atoms with Crippen LogP contribution < -0.4 is 0 Å². The third-order valence-electron chi connectivity index (χ3n) is 0.599. The Morgan fingerprint density at radius 1 is 1.00 bits per heavy atom. The lowest BCUT2D eigenvalue weighted by Gasteiger charge is -1.83. The van der Waals surface area contributed by atoms with Crippen LogP contribution in [0.2, 0.25) is 0 Å². The first-order valence-electron chi connectivity index (χ1n) is 3.80. The Labute approximate surface area is 93.2 Å². The Hall–Kier alpha value is -2.37. The number of carbonyl (C=O) groups excluding carboxylic acids is 1. The maximum atomic E-state index is 9.75. The summed E-state index contributed by atoms with van der Waals surface area (Å²) in [6, 6.07) is 0. The molecule has 0 atom stereocenters. The van der Waals surface area contributed by atoms with Gasteiger partial charge in [0.1, 0.15) is 0 Å². The van der Waals surface area contributed by atoms with Crippen LogP contribution in [0.1, 0.15) is 6.92 Å². The number of ether oxygens (including phenoxy) is 1. The minimum atomic E-state index is -0.981. The number of rotatable bonds is 3. The van der Waals surface area contributed by atoms with Gasteiger partial charge in [-0.25, -0.2) is 9.59 Å². The third kappa shape index (κ3) is 61.3. The Bertz CT molecular complexity index is 248. The van der Waals surface area contributed by atoms with Gasteiger partial charge in [0, 0.05) is 19.1 Å². The molecule has 2 N–H and O–H groups in total. The van der Waals surface area contributed by atoms with Gasteiger partial charge in [-0.3, -0.25) is 4.79 Å². The normalized spacial score (nSPS) is 6.56. The lowest BCUT2D eigenvalue weighted by molar-refractivity contribution is -0.135. The summed E-state index contributed by atoms with van der Waals surface area (Å²) in [5.41, 5.74) is 0. The van der Waals surface area contributed by atoms with E-state index in [-0.39, 0.29) is 5.97 Å². The van der Waals surface area contributed by atoms with Gasteiger partial charge in [-0.05, 0) is 0 Å². The molecule has 0 heterocycles. The zero-order valence-corrected chi connectivity index (χ0v) is 8.88. The van der Waals surface area contributed by atoms with Gasteiger partial charge in [0.2, 0.25) is 0 Å². The minimum Gasteiger partial charge on any atom is -0.478 e. The highest BCUT2D eigenvalue weighted by molar-refractivity contribution is 5.79. The van der Waals surface area contributed by atoms with Crippen LogP contribution in [0.3, 0.4) is 0 Å². The van der Waals surface area contributed by atoms with E-state index in [1.54, 1.807) is 0 Å². The topological polar surface area (TPSA) is 101 Å². The standard InChI is InChI=1S/C4H6O2.2C3H4O2/c1-3-6-4(2)5;2*1-2-3(4)5/h3H,1H2,2H3;2*2H,1H2,(H,4,5). The second-order valence-corrected chi connectivity index (χ2v) is 1.86. The number of carbonyl (C=O) groups is 3. The summed E-state index contributed by atoms with van der Waals surface area (Å²) in [5, 5.41) is 15.2. The molecule has 0 bridgehead atoms. The number of carboxylic acid groups (broad SMARTS) is 2. The van der Waals surface area contributed by atoms with Crippen LogP contribution in [-0.4, -0.2) is 28.1 Å². The Morgan fingerprint density at radius 2 is 1.25 bits per heavy atom. The van der Waals surface area contributed by atoms with E-state index in [1.165, 1.54) is 6.92 Å². The van der Waals surface area contributed by atoms with Crippen molar-refractivity contribution in [1.29, 1.82) is 0 Å². The van der Waals surface area contributed by atoms with Crippen LogP contribution in [-0.2, 0) is 19.1 Å². The summed E-state index contributed by atoms with van der Waals surface area (Å²) in [7, 11) is 0. The van der Waals surface area contributed by atoms with E-state index >= 15 is 0 Å². The molecule has 0 aliphatic carbocycles. The Balaban J connectivity index is -0.000000160. The fourth-order valence-corrected chi connectivity index (χ4v) is 0.117. The van der Waals surface area contributed by atoms with E-state index in [0.29, 0.717) is 0 Å². The summed E-state index contributed by atoms with van der Waals surface area (Å²) in [5.74, 6) is -2.29. The lowest BCUT2D eigenvalue weighted by Crippen LogP contribution is -1.87. The van der Waals surface area contributed by atoms with Gasteiger partial charge in [-0.2, -0.15) is 0 Å². The molecule has 0 aromatic heterocycles. The molecule has 0 aliphatic heterocycles. The van der Waals surface area contributed by atoms with Crippen molar-refractivity contribution >= 4 is 17.9 Å². The van der Waals surface area contributed by atoms with Crippen LogP contribution in [0.4, 0.5) is 0 Å². The van der Waals surface area contributed by atoms with E-state index in [4.69, 9.17) is 10.2 Å². The van der Waals surface area contributed by atoms with Crippen molar-refractivity contribution in [3.05, 3.63) is 38.2 Å². The minimum absolute atomic E-state index is 0.329. The van der Waals surface area contributed by atoms with E-state index in [9.17, 15) is 14.4 Å². The Kier molecular flexibility index (Phi) is 18.2. The SMILES string of the molecule is C=CC(=O)O.C=CC(=O)O.C=COC(C)=O. The second-order valence-electron chi connectivity index (χ2n) is 1.86. The zero-order valence-electron chi connectivity index (χ0n) is 8.88. The molecule has 6 heteroatoms. The fourth-order valence-electron chi connectivity index (χ4n) is 0.117. The van der Waals surface area contributed by atoms with Crippen LogP contribution in [0.15, 0.2) is 38.2 Å². The molecule has 0 amide bonds. The van der Waals surface area contributed by atoms with Crippen molar-refractivity contribution in [2.75, 3.05) is 0 Å². The van der Waals surface area contributed by atoms with Crippen molar-refractivity contribution < 1.29 is 29.3 Å². The summed E-state index contributed by atoms with van der Waals surface area (Å²) in [6.45, 7) is 10.4. The van der Waals surface area contributed by atoms with Gasteiger partial charge in [0.25, 0.3) is 0 Å². The summed E-state index contributed by atoms with van der Waals surface area (Å²) in [6.07, 6.45) is 2.77. The largest absolute Gasteiger partial charge is 0.478 e.